The van der Waals surface area contributed by atoms with Crippen molar-refractivity contribution in [3.63, 3.8) is 0 Å². The molecule has 0 aliphatic heterocycles. The van der Waals surface area contributed by atoms with Crippen molar-refractivity contribution in [2.75, 3.05) is 6.61 Å². The molecule has 2 N–H and O–H groups in total. The Morgan fingerprint density at radius 2 is 2.00 bits per heavy atom. The lowest BCUT2D eigenvalue weighted by atomic mass is 10.0. The Hall–Kier alpha value is -0.730. The fourth-order valence-electron chi connectivity index (χ4n) is 1.80. The molecule has 0 bridgehead atoms. The average Bonchev–Trinajstić information content (AvgIpc) is 2.32. The van der Waals surface area contributed by atoms with Crippen LogP contribution in [0.3, 0.4) is 0 Å². The SMILES string of the molecule is CCOc1c(Cl)cc(CC)cc1CC(N)CC. The Labute approximate surface area is 109 Å². The van der Waals surface area contributed by atoms with Crippen molar-refractivity contribution in [1.82, 2.24) is 0 Å². The second kappa shape index (κ2) is 6.87. The Kier molecular flexibility index (Phi) is 5.79. The molecule has 2 nitrogen and oxygen atoms in total. The summed E-state index contributed by atoms with van der Waals surface area (Å²) in [6, 6.07) is 4.30. The molecular formula is C14H22ClNO. The maximum atomic E-state index is 6.25. The van der Waals surface area contributed by atoms with Gasteiger partial charge in [0.05, 0.1) is 11.6 Å². The summed E-state index contributed by atoms with van der Waals surface area (Å²) in [6.45, 7) is 6.80. The van der Waals surface area contributed by atoms with Crippen LogP contribution in [-0.2, 0) is 12.8 Å². The van der Waals surface area contributed by atoms with Gasteiger partial charge in [0.25, 0.3) is 0 Å². The first-order chi connectivity index (χ1) is 8.12. The number of halogens is 1. The summed E-state index contributed by atoms with van der Waals surface area (Å²) in [4.78, 5) is 0. The fourth-order valence-corrected chi connectivity index (χ4v) is 2.12. The Balaban J connectivity index is 3.07. The smallest absolute Gasteiger partial charge is 0.141 e. The second-order valence-electron chi connectivity index (χ2n) is 4.22. The van der Waals surface area contributed by atoms with E-state index in [1.54, 1.807) is 0 Å². The molecule has 0 aliphatic rings. The number of ether oxygens (including phenoxy) is 1. The van der Waals surface area contributed by atoms with Crippen molar-refractivity contribution in [2.24, 2.45) is 5.73 Å². The quantitative estimate of drug-likeness (QED) is 0.843. The molecule has 0 saturated heterocycles. The summed E-state index contributed by atoms with van der Waals surface area (Å²) in [5.74, 6) is 0.801. The molecule has 1 aromatic carbocycles. The standard InChI is InChI=1S/C14H22ClNO/c1-4-10-7-11(9-12(16)5-2)14(17-6-3)13(15)8-10/h7-8,12H,4-6,9,16H2,1-3H3. The van der Waals surface area contributed by atoms with E-state index in [9.17, 15) is 0 Å². The van der Waals surface area contributed by atoms with Gasteiger partial charge in [-0.15, -0.1) is 0 Å². The predicted molar refractivity (Wildman–Crippen MR) is 74.0 cm³/mol. The van der Waals surface area contributed by atoms with E-state index >= 15 is 0 Å². The van der Waals surface area contributed by atoms with E-state index in [0.29, 0.717) is 11.6 Å². The topological polar surface area (TPSA) is 35.2 Å². The van der Waals surface area contributed by atoms with Crippen LogP contribution in [0.4, 0.5) is 0 Å². The minimum Gasteiger partial charge on any atom is -0.492 e. The number of benzene rings is 1. The summed E-state index contributed by atoms with van der Waals surface area (Å²) in [7, 11) is 0. The van der Waals surface area contributed by atoms with Crippen LogP contribution < -0.4 is 10.5 Å². The Bertz CT molecular complexity index is 365. The maximum Gasteiger partial charge on any atom is 0.141 e. The monoisotopic (exact) mass is 255 g/mol. The van der Waals surface area contributed by atoms with Crippen molar-refractivity contribution in [3.05, 3.63) is 28.3 Å². The van der Waals surface area contributed by atoms with Gasteiger partial charge < -0.3 is 10.5 Å². The molecule has 1 unspecified atom stereocenters. The molecule has 1 rings (SSSR count). The summed E-state index contributed by atoms with van der Waals surface area (Å²) in [5.41, 5.74) is 8.38. The predicted octanol–water partition coefficient (Wildman–Crippen LogP) is 3.58. The van der Waals surface area contributed by atoms with Crippen LogP contribution >= 0.6 is 11.6 Å². The van der Waals surface area contributed by atoms with Gasteiger partial charge in [0, 0.05) is 6.04 Å². The summed E-state index contributed by atoms with van der Waals surface area (Å²) >= 11 is 6.25. The number of aryl methyl sites for hydroxylation is 1. The fraction of sp³-hybridized carbons (Fsp3) is 0.571. The van der Waals surface area contributed by atoms with Crippen LogP contribution in [0.25, 0.3) is 0 Å². The lowest BCUT2D eigenvalue weighted by Crippen LogP contribution is -2.22. The second-order valence-corrected chi connectivity index (χ2v) is 4.63. The lowest BCUT2D eigenvalue weighted by molar-refractivity contribution is 0.335. The summed E-state index contributed by atoms with van der Waals surface area (Å²) in [6.07, 6.45) is 2.75. The minimum atomic E-state index is 0.164. The van der Waals surface area contributed by atoms with Crippen molar-refractivity contribution in [3.8, 4) is 5.75 Å². The number of nitrogens with two attached hydrogens (primary N) is 1. The molecule has 0 amide bonds. The highest BCUT2D eigenvalue weighted by Gasteiger charge is 2.12. The Morgan fingerprint density at radius 1 is 1.29 bits per heavy atom. The van der Waals surface area contributed by atoms with E-state index in [0.717, 1.165) is 30.6 Å². The largest absolute Gasteiger partial charge is 0.492 e. The van der Waals surface area contributed by atoms with Gasteiger partial charge in [-0.2, -0.15) is 0 Å². The van der Waals surface area contributed by atoms with Crippen LogP contribution in [-0.4, -0.2) is 12.6 Å². The van der Waals surface area contributed by atoms with Gasteiger partial charge in [-0.3, -0.25) is 0 Å². The summed E-state index contributed by atoms with van der Waals surface area (Å²) < 4.78 is 5.63. The highest BCUT2D eigenvalue weighted by molar-refractivity contribution is 6.32. The van der Waals surface area contributed by atoms with Crippen molar-refractivity contribution < 1.29 is 4.74 Å². The number of rotatable bonds is 6. The molecule has 0 spiro atoms. The molecule has 0 radical (unpaired) electrons. The molecule has 0 aromatic heterocycles. The minimum absolute atomic E-state index is 0.164. The van der Waals surface area contributed by atoms with Crippen molar-refractivity contribution in [2.45, 2.75) is 46.1 Å². The van der Waals surface area contributed by atoms with E-state index in [-0.39, 0.29) is 6.04 Å². The van der Waals surface area contributed by atoms with Gasteiger partial charge in [-0.25, -0.2) is 0 Å². The third-order valence-corrected chi connectivity index (χ3v) is 3.16. The molecule has 0 heterocycles. The normalized spacial score (nSPS) is 12.5. The van der Waals surface area contributed by atoms with Crippen LogP contribution in [0.2, 0.25) is 5.02 Å². The summed E-state index contributed by atoms with van der Waals surface area (Å²) in [5, 5.41) is 0.699. The first-order valence-electron chi connectivity index (χ1n) is 6.31. The van der Waals surface area contributed by atoms with Gasteiger partial charge in [0.1, 0.15) is 5.75 Å². The molecule has 17 heavy (non-hydrogen) atoms. The van der Waals surface area contributed by atoms with Crippen LogP contribution in [0.1, 0.15) is 38.3 Å². The molecule has 0 fully saturated rings. The molecular weight excluding hydrogens is 234 g/mol. The zero-order valence-corrected chi connectivity index (χ0v) is 11.7. The first kappa shape index (κ1) is 14.3. The Morgan fingerprint density at radius 3 is 2.53 bits per heavy atom. The van der Waals surface area contributed by atoms with Gasteiger partial charge in [-0.1, -0.05) is 31.5 Å². The van der Waals surface area contributed by atoms with Crippen LogP contribution in [0.5, 0.6) is 5.75 Å². The van der Waals surface area contributed by atoms with Crippen LogP contribution in [0, 0.1) is 0 Å². The number of hydrogen-bond donors (Lipinski definition) is 1. The highest BCUT2D eigenvalue weighted by atomic mass is 35.5. The van der Waals surface area contributed by atoms with E-state index in [1.165, 1.54) is 5.56 Å². The van der Waals surface area contributed by atoms with Gasteiger partial charge in [0.2, 0.25) is 0 Å². The lowest BCUT2D eigenvalue weighted by Gasteiger charge is -2.16. The third-order valence-electron chi connectivity index (χ3n) is 2.88. The van der Waals surface area contributed by atoms with E-state index < -0.39 is 0 Å². The molecule has 1 aromatic rings. The first-order valence-corrected chi connectivity index (χ1v) is 6.69. The van der Waals surface area contributed by atoms with Crippen LogP contribution in [0.15, 0.2) is 12.1 Å². The van der Waals surface area contributed by atoms with E-state index in [2.05, 4.69) is 19.9 Å². The van der Waals surface area contributed by atoms with Gasteiger partial charge >= 0.3 is 0 Å². The third kappa shape index (κ3) is 3.90. The number of hydrogen-bond acceptors (Lipinski definition) is 2. The molecule has 1 atom stereocenters. The maximum absolute atomic E-state index is 6.25. The van der Waals surface area contributed by atoms with Crippen molar-refractivity contribution in [1.29, 1.82) is 0 Å². The molecule has 3 heteroatoms. The highest BCUT2D eigenvalue weighted by Crippen LogP contribution is 2.31. The zero-order chi connectivity index (χ0) is 12.8. The molecule has 0 saturated carbocycles. The average molecular weight is 256 g/mol. The van der Waals surface area contributed by atoms with E-state index in [1.807, 2.05) is 13.0 Å². The van der Waals surface area contributed by atoms with Gasteiger partial charge in [-0.05, 0) is 43.4 Å². The van der Waals surface area contributed by atoms with Crippen molar-refractivity contribution >= 4 is 11.6 Å². The van der Waals surface area contributed by atoms with Gasteiger partial charge in [0.15, 0.2) is 0 Å². The molecule has 96 valence electrons. The van der Waals surface area contributed by atoms with E-state index in [4.69, 9.17) is 22.1 Å². The molecule has 0 aliphatic carbocycles. The zero-order valence-electron chi connectivity index (χ0n) is 10.9.